The average molecular weight is 343 g/mol. The summed E-state index contributed by atoms with van der Waals surface area (Å²) in [4.78, 5) is 11.4. The van der Waals surface area contributed by atoms with Crippen LogP contribution in [-0.4, -0.2) is 30.9 Å². The Morgan fingerprint density at radius 2 is 1.62 bits per heavy atom. The van der Waals surface area contributed by atoms with Gasteiger partial charge in [0.2, 0.25) is 5.85 Å². The molecule has 0 aliphatic heterocycles. The van der Waals surface area contributed by atoms with Gasteiger partial charge in [-0.05, 0) is 26.7 Å². The van der Waals surface area contributed by atoms with Gasteiger partial charge in [0.15, 0.2) is 0 Å². The van der Waals surface area contributed by atoms with Gasteiger partial charge in [-0.3, -0.25) is 9.36 Å². The lowest BCUT2D eigenvalue weighted by atomic mass is 10.1. The van der Waals surface area contributed by atoms with E-state index in [1.807, 2.05) is 0 Å². The van der Waals surface area contributed by atoms with Crippen LogP contribution >= 0.6 is 19.2 Å². The van der Waals surface area contributed by atoms with E-state index in [4.69, 9.17) is 25.4 Å². The average Bonchev–Trinajstić information content (AvgIpc) is 2.46. The summed E-state index contributed by atoms with van der Waals surface area (Å²) in [5.41, 5.74) is 0. The maximum absolute atomic E-state index is 12.7. The zero-order valence-corrected chi connectivity index (χ0v) is 15.0. The van der Waals surface area contributed by atoms with E-state index < -0.39 is 19.4 Å². The molecular formula is C14H28ClO5P. The molecule has 126 valence electrons. The van der Waals surface area contributed by atoms with Crippen molar-refractivity contribution in [1.29, 1.82) is 0 Å². The van der Waals surface area contributed by atoms with Crippen molar-refractivity contribution in [3.63, 3.8) is 0 Å². The third-order valence-electron chi connectivity index (χ3n) is 2.90. The molecule has 0 aromatic carbocycles. The van der Waals surface area contributed by atoms with E-state index in [0.717, 1.165) is 25.7 Å². The SMILES string of the molecule is CCCCCCC[C@@H](OC(=O)CCl)P(=O)(OCC)OCC. The Labute approximate surface area is 133 Å². The normalized spacial score (nSPS) is 13.1. The first kappa shape index (κ1) is 20.9. The molecule has 0 amide bonds. The van der Waals surface area contributed by atoms with Gasteiger partial charge in [-0.25, -0.2) is 0 Å². The van der Waals surface area contributed by atoms with E-state index in [0.29, 0.717) is 6.42 Å². The standard InChI is InChI=1S/C14H28ClO5P/c1-4-7-8-9-10-11-14(20-13(16)12-15)21(17,18-5-2)19-6-3/h14H,4-12H2,1-3H3/t14-/m0/s1. The first-order valence-corrected chi connectivity index (χ1v) is 9.82. The molecule has 0 saturated heterocycles. The number of carbonyl (C=O) groups excluding carboxylic acids is 1. The van der Waals surface area contributed by atoms with E-state index in [-0.39, 0.29) is 19.1 Å². The number of ether oxygens (including phenoxy) is 1. The molecule has 0 rings (SSSR count). The van der Waals surface area contributed by atoms with E-state index in [2.05, 4.69) is 6.92 Å². The number of hydrogen-bond donors (Lipinski definition) is 0. The quantitative estimate of drug-likeness (QED) is 0.210. The summed E-state index contributed by atoms with van der Waals surface area (Å²) in [5, 5.41) is 0. The molecule has 0 N–H and O–H groups in total. The minimum Gasteiger partial charge on any atom is -0.448 e. The van der Waals surface area contributed by atoms with Crippen LogP contribution in [0.25, 0.3) is 0 Å². The van der Waals surface area contributed by atoms with Gasteiger partial charge >= 0.3 is 13.6 Å². The molecule has 1 atom stereocenters. The molecule has 0 fully saturated rings. The molecule has 0 radical (unpaired) electrons. The van der Waals surface area contributed by atoms with Gasteiger partial charge in [0, 0.05) is 0 Å². The molecule has 0 saturated carbocycles. The molecule has 0 aliphatic carbocycles. The second-order valence-electron chi connectivity index (χ2n) is 4.66. The van der Waals surface area contributed by atoms with Crippen molar-refractivity contribution in [1.82, 2.24) is 0 Å². The van der Waals surface area contributed by atoms with Crippen molar-refractivity contribution >= 4 is 25.2 Å². The van der Waals surface area contributed by atoms with E-state index >= 15 is 0 Å². The van der Waals surface area contributed by atoms with Crippen LogP contribution in [0.3, 0.4) is 0 Å². The largest absolute Gasteiger partial charge is 0.448 e. The van der Waals surface area contributed by atoms with Crippen LogP contribution in [0.4, 0.5) is 0 Å². The van der Waals surface area contributed by atoms with Crippen LogP contribution in [0.15, 0.2) is 0 Å². The molecule has 0 aromatic heterocycles. The van der Waals surface area contributed by atoms with Crippen LogP contribution < -0.4 is 0 Å². The summed E-state index contributed by atoms with van der Waals surface area (Å²) in [6.45, 7) is 6.08. The second kappa shape index (κ2) is 12.5. The first-order chi connectivity index (χ1) is 10.0. The fourth-order valence-corrected chi connectivity index (χ4v) is 3.89. The van der Waals surface area contributed by atoms with Crippen LogP contribution in [0.5, 0.6) is 0 Å². The Balaban J connectivity index is 4.67. The van der Waals surface area contributed by atoms with Gasteiger partial charge < -0.3 is 13.8 Å². The lowest BCUT2D eigenvalue weighted by Gasteiger charge is -2.25. The van der Waals surface area contributed by atoms with Crippen molar-refractivity contribution in [3.05, 3.63) is 0 Å². The van der Waals surface area contributed by atoms with Crippen molar-refractivity contribution < 1.29 is 23.1 Å². The fourth-order valence-electron chi connectivity index (χ4n) is 1.95. The highest BCUT2D eigenvalue weighted by Gasteiger charge is 2.38. The summed E-state index contributed by atoms with van der Waals surface area (Å²) < 4.78 is 28.4. The molecule has 0 heterocycles. The topological polar surface area (TPSA) is 61.8 Å². The van der Waals surface area contributed by atoms with Gasteiger partial charge in [-0.1, -0.05) is 32.6 Å². The molecule has 7 heteroatoms. The molecule has 0 unspecified atom stereocenters. The van der Waals surface area contributed by atoms with Gasteiger partial charge in [-0.2, -0.15) is 0 Å². The highest BCUT2D eigenvalue weighted by molar-refractivity contribution is 7.54. The third-order valence-corrected chi connectivity index (χ3v) is 5.43. The summed E-state index contributed by atoms with van der Waals surface area (Å²) in [7, 11) is -3.45. The number of unbranched alkanes of at least 4 members (excludes halogenated alkanes) is 4. The molecule has 0 bridgehead atoms. The number of esters is 1. The minimum atomic E-state index is -3.45. The summed E-state index contributed by atoms with van der Waals surface area (Å²) in [6, 6.07) is 0. The van der Waals surface area contributed by atoms with Crippen molar-refractivity contribution in [2.24, 2.45) is 0 Å². The predicted molar refractivity (Wildman–Crippen MR) is 84.8 cm³/mol. The molecule has 0 spiro atoms. The maximum atomic E-state index is 12.7. The zero-order valence-electron chi connectivity index (χ0n) is 13.3. The summed E-state index contributed by atoms with van der Waals surface area (Å²) in [6.07, 6.45) is 5.71. The highest BCUT2D eigenvalue weighted by Crippen LogP contribution is 2.55. The Bertz CT molecular complexity index is 314. The van der Waals surface area contributed by atoms with Crippen molar-refractivity contribution in [3.8, 4) is 0 Å². The Morgan fingerprint density at radius 1 is 1.05 bits per heavy atom. The summed E-state index contributed by atoms with van der Waals surface area (Å²) >= 11 is 5.46. The van der Waals surface area contributed by atoms with Gasteiger partial charge in [0.05, 0.1) is 13.2 Å². The van der Waals surface area contributed by atoms with Crippen LogP contribution in [-0.2, 0) is 23.1 Å². The number of rotatable bonds is 13. The Hall–Kier alpha value is -0.0900. The third kappa shape index (κ3) is 8.82. The number of alkyl halides is 1. The zero-order chi connectivity index (χ0) is 16.1. The predicted octanol–water partition coefficient (Wildman–Crippen LogP) is 4.72. The molecule has 5 nitrogen and oxygen atoms in total. The maximum Gasteiger partial charge on any atom is 0.370 e. The monoisotopic (exact) mass is 342 g/mol. The Kier molecular flexibility index (Phi) is 12.4. The van der Waals surface area contributed by atoms with Gasteiger partial charge in [-0.15, -0.1) is 11.6 Å². The van der Waals surface area contributed by atoms with E-state index in [9.17, 15) is 9.36 Å². The van der Waals surface area contributed by atoms with E-state index in [1.54, 1.807) is 13.8 Å². The minimum absolute atomic E-state index is 0.238. The lowest BCUT2D eigenvalue weighted by Crippen LogP contribution is -2.22. The van der Waals surface area contributed by atoms with E-state index in [1.165, 1.54) is 6.42 Å². The smallest absolute Gasteiger partial charge is 0.370 e. The van der Waals surface area contributed by atoms with Crippen LogP contribution in [0.1, 0.15) is 59.3 Å². The number of hydrogen-bond acceptors (Lipinski definition) is 5. The lowest BCUT2D eigenvalue weighted by molar-refractivity contribution is -0.143. The Morgan fingerprint density at radius 3 is 2.10 bits per heavy atom. The molecule has 0 aliphatic rings. The van der Waals surface area contributed by atoms with Gasteiger partial charge in [0.1, 0.15) is 5.88 Å². The molecule has 0 aromatic rings. The highest BCUT2D eigenvalue weighted by atomic mass is 35.5. The van der Waals surface area contributed by atoms with Crippen molar-refractivity contribution in [2.45, 2.75) is 65.1 Å². The number of carbonyl (C=O) groups is 1. The molecular weight excluding hydrogens is 315 g/mol. The van der Waals surface area contributed by atoms with Crippen molar-refractivity contribution in [2.75, 3.05) is 19.1 Å². The molecule has 21 heavy (non-hydrogen) atoms. The fraction of sp³-hybridized carbons (Fsp3) is 0.929. The summed E-state index contributed by atoms with van der Waals surface area (Å²) in [5.74, 6) is -1.75. The van der Waals surface area contributed by atoms with Crippen LogP contribution in [0.2, 0.25) is 0 Å². The van der Waals surface area contributed by atoms with Crippen LogP contribution in [0, 0.1) is 0 Å². The van der Waals surface area contributed by atoms with Gasteiger partial charge in [0.25, 0.3) is 0 Å². The second-order valence-corrected chi connectivity index (χ2v) is 7.10. The first-order valence-electron chi connectivity index (χ1n) is 7.68. The number of halogens is 1.